The van der Waals surface area contributed by atoms with Crippen LogP contribution in [0.25, 0.3) is 0 Å². The van der Waals surface area contributed by atoms with Gasteiger partial charge in [0.15, 0.2) is 0 Å². The topological polar surface area (TPSA) is 51.0 Å². The quantitative estimate of drug-likeness (QED) is 0.476. The molecule has 0 heterocycles. The van der Waals surface area contributed by atoms with Gasteiger partial charge in [-0.2, -0.15) is 0 Å². The number of oxime groups is 1. The maximum Gasteiger partial charge on any atom is 0.139 e. The van der Waals surface area contributed by atoms with Crippen LogP contribution in [0.15, 0.2) is 35.5 Å². The zero-order chi connectivity index (χ0) is 17.0. The molecule has 0 spiro atoms. The van der Waals surface area contributed by atoms with Crippen molar-refractivity contribution in [2.75, 3.05) is 13.7 Å². The molecule has 4 nitrogen and oxygen atoms in total. The lowest BCUT2D eigenvalue weighted by atomic mass is 10.0. The summed E-state index contributed by atoms with van der Waals surface area (Å²) >= 11 is 12.3. The minimum Gasteiger partial charge on any atom is -0.495 e. The van der Waals surface area contributed by atoms with Crippen molar-refractivity contribution in [1.29, 1.82) is 0 Å². The molecule has 0 aromatic heterocycles. The SMILES string of the molecule is CCOc1ccc(/C(=N/O)c2ccc(OC)c(Cl)c2Cl)c(F)c1. The molecule has 23 heavy (non-hydrogen) atoms. The summed E-state index contributed by atoms with van der Waals surface area (Å²) in [6.07, 6.45) is 0. The second kappa shape index (κ2) is 7.53. The van der Waals surface area contributed by atoms with Gasteiger partial charge < -0.3 is 14.7 Å². The van der Waals surface area contributed by atoms with Gasteiger partial charge in [-0.25, -0.2) is 4.39 Å². The summed E-state index contributed by atoms with van der Waals surface area (Å²) in [7, 11) is 1.45. The van der Waals surface area contributed by atoms with E-state index in [0.717, 1.165) is 0 Å². The van der Waals surface area contributed by atoms with Crippen molar-refractivity contribution in [2.24, 2.45) is 5.16 Å². The molecule has 0 aliphatic rings. The van der Waals surface area contributed by atoms with Gasteiger partial charge in [-0.1, -0.05) is 28.4 Å². The number of hydrogen-bond donors (Lipinski definition) is 1. The molecule has 0 bridgehead atoms. The first-order valence-corrected chi connectivity index (χ1v) is 7.46. The standard InChI is InChI=1S/C16H14Cl2FNO3/c1-3-23-9-4-5-10(12(19)8-9)16(20-21)11-6-7-13(22-2)15(18)14(11)17/h4-8,21H,3H2,1-2H3/b20-16-. The summed E-state index contributed by atoms with van der Waals surface area (Å²) in [5.41, 5.74) is 0.308. The first-order valence-electron chi connectivity index (χ1n) is 6.70. The molecule has 0 saturated heterocycles. The minimum absolute atomic E-state index is 0.0416. The zero-order valence-electron chi connectivity index (χ0n) is 12.4. The Balaban J connectivity index is 2.52. The summed E-state index contributed by atoms with van der Waals surface area (Å²) in [6.45, 7) is 2.21. The predicted molar refractivity (Wildman–Crippen MR) is 88.0 cm³/mol. The monoisotopic (exact) mass is 357 g/mol. The fraction of sp³-hybridized carbons (Fsp3) is 0.188. The maximum absolute atomic E-state index is 14.3. The number of methoxy groups -OCH3 is 1. The Morgan fingerprint density at radius 1 is 1.17 bits per heavy atom. The number of rotatable bonds is 5. The number of ether oxygens (including phenoxy) is 2. The second-order valence-electron chi connectivity index (χ2n) is 4.47. The summed E-state index contributed by atoms with van der Waals surface area (Å²) in [5, 5.41) is 12.8. The van der Waals surface area contributed by atoms with Gasteiger partial charge in [0.05, 0.1) is 18.7 Å². The zero-order valence-corrected chi connectivity index (χ0v) is 14.0. The van der Waals surface area contributed by atoms with Gasteiger partial charge in [0.1, 0.15) is 28.1 Å². The lowest BCUT2D eigenvalue weighted by Crippen LogP contribution is -2.08. The van der Waals surface area contributed by atoms with Crippen molar-refractivity contribution in [3.63, 3.8) is 0 Å². The molecule has 0 fully saturated rings. The highest BCUT2D eigenvalue weighted by Crippen LogP contribution is 2.36. The third-order valence-corrected chi connectivity index (χ3v) is 3.99. The highest BCUT2D eigenvalue weighted by molar-refractivity contribution is 6.45. The predicted octanol–water partition coefficient (Wildman–Crippen LogP) is 4.77. The van der Waals surface area contributed by atoms with Crippen LogP contribution in [0.4, 0.5) is 4.39 Å². The number of nitrogens with zero attached hydrogens (tertiary/aromatic N) is 1. The smallest absolute Gasteiger partial charge is 0.139 e. The molecule has 0 saturated carbocycles. The lowest BCUT2D eigenvalue weighted by Gasteiger charge is -2.12. The van der Waals surface area contributed by atoms with Crippen LogP contribution >= 0.6 is 23.2 Å². The largest absolute Gasteiger partial charge is 0.495 e. The Labute approximate surface area is 143 Å². The van der Waals surface area contributed by atoms with Crippen molar-refractivity contribution in [2.45, 2.75) is 6.92 Å². The lowest BCUT2D eigenvalue weighted by molar-refractivity contribution is 0.319. The van der Waals surface area contributed by atoms with Crippen LogP contribution in [0.2, 0.25) is 10.0 Å². The van der Waals surface area contributed by atoms with Crippen LogP contribution in [-0.2, 0) is 0 Å². The molecule has 0 aliphatic heterocycles. The van der Waals surface area contributed by atoms with E-state index in [1.54, 1.807) is 19.1 Å². The molecule has 7 heteroatoms. The van der Waals surface area contributed by atoms with Crippen molar-refractivity contribution in [1.82, 2.24) is 0 Å². The highest BCUT2D eigenvalue weighted by Gasteiger charge is 2.20. The van der Waals surface area contributed by atoms with Crippen LogP contribution in [0.5, 0.6) is 11.5 Å². The van der Waals surface area contributed by atoms with E-state index in [4.69, 9.17) is 32.7 Å². The van der Waals surface area contributed by atoms with Crippen LogP contribution in [-0.4, -0.2) is 24.6 Å². The maximum atomic E-state index is 14.3. The summed E-state index contributed by atoms with van der Waals surface area (Å²) < 4.78 is 24.6. The molecule has 2 aromatic rings. The van der Waals surface area contributed by atoms with Crippen molar-refractivity contribution in [3.8, 4) is 11.5 Å². The van der Waals surface area contributed by atoms with Crippen molar-refractivity contribution >= 4 is 28.9 Å². The number of hydrogen-bond acceptors (Lipinski definition) is 4. The molecule has 0 amide bonds. The van der Waals surface area contributed by atoms with E-state index in [9.17, 15) is 9.60 Å². The van der Waals surface area contributed by atoms with Crippen LogP contribution < -0.4 is 9.47 Å². The molecule has 0 radical (unpaired) electrons. The van der Waals surface area contributed by atoms with E-state index >= 15 is 0 Å². The van der Waals surface area contributed by atoms with Gasteiger partial charge in [0.2, 0.25) is 0 Å². The molecular formula is C16H14Cl2FNO3. The Morgan fingerprint density at radius 3 is 2.43 bits per heavy atom. The molecule has 2 aromatic carbocycles. The Bertz CT molecular complexity index is 750. The average Bonchev–Trinajstić information content (AvgIpc) is 2.54. The van der Waals surface area contributed by atoms with Crippen molar-refractivity contribution in [3.05, 3.63) is 57.3 Å². The van der Waals surface area contributed by atoms with Crippen LogP contribution in [0.1, 0.15) is 18.1 Å². The Hall–Kier alpha value is -1.98. The molecular weight excluding hydrogens is 344 g/mol. The third-order valence-electron chi connectivity index (χ3n) is 3.13. The van der Waals surface area contributed by atoms with Gasteiger partial charge in [-0.05, 0) is 31.2 Å². The Morgan fingerprint density at radius 2 is 1.87 bits per heavy atom. The molecule has 2 rings (SSSR count). The first kappa shape index (κ1) is 17.4. The van der Waals surface area contributed by atoms with Gasteiger partial charge >= 0.3 is 0 Å². The average molecular weight is 358 g/mol. The van der Waals surface area contributed by atoms with Gasteiger partial charge in [-0.15, -0.1) is 0 Å². The number of halogens is 3. The van der Waals surface area contributed by atoms with E-state index in [1.807, 2.05) is 0 Å². The molecule has 1 N–H and O–H groups in total. The summed E-state index contributed by atoms with van der Waals surface area (Å²) in [4.78, 5) is 0. The van der Waals surface area contributed by atoms with Crippen molar-refractivity contribution < 1.29 is 19.1 Å². The first-order chi connectivity index (χ1) is 11.0. The fourth-order valence-electron chi connectivity index (χ4n) is 2.07. The third kappa shape index (κ3) is 3.51. The Kier molecular flexibility index (Phi) is 5.69. The summed E-state index contributed by atoms with van der Waals surface area (Å²) in [6, 6.07) is 7.33. The second-order valence-corrected chi connectivity index (χ2v) is 5.22. The van der Waals surface area contributed by atoms with E-state index in [-0.39, 0.29) is 26.9 Å². The molecule has 0 unspecified atom stereocenters. The van der Waals surface area contributed by atoms with Crippen LogP contribution in [0, 0.1) is 5.82 Å². The van der Waals surface area contributed by atoms with E-state index in [2.05, 4.69) is 5.16 Å². The van der Waals surface area contributed by atoms with Gasteiger partial charge in [0.25, 0.3) is 0 Å². The fourth-order valence-corrected chi connectivity index (χ4v) is 2.56. The van der Waals surface area contributed by atoms with Gasteiger partial charge in [-0.3, -0.25) is 0 Å². The molecule has 122 valence electrons. The minimum atomic E-state index is -0.605. The number of benzene rings is 2. The van der Waals surface area contributed by atoms with E-state index < -0.39 is 5.82 Å². The van der Waals surface area contributed by atoms with Crippen LogP contribution in [0.3, 0.4) is 0 Å². The van der Waals surface area contributed by atoms with Gasteiger partial charge in [0, 0.05) is 17.2 Å². The molecule has 0 aliphatic carbocycles. The highest BCUT2D eigenvalue weighted by atomic mass is 35.5. The normalized spacial score (nSPS) is 11.4. The van der Waals surface area contributed by atoms with E-state index in [1.165, 1.54) is 25.3 Å². The van der Waals surface area contributed by atoms with E-state index in [0.29, 0.717) is 18.1 Å². The molecule has 0 atom stereocenters. The summed E-state index contributed by atoms with van der Waals surface area (Å²) in [5.74, 6) is 0.140.